The van der Waals surface area contributed by atoms with E-state index in [1.165, 1.54) is 5.56 Å². The summed E-state index contributed by atoms with van der Waals surface area (Å²) >= 11 is 0. The van der Waals surface area contributed by atoms with Gasteiger partial charge in [-0.25, -0.2) is 0 Å². The van der Waals surface area contributed by atoms with E-state index in [0.29, 0.717) is 25.6 Å². The Balaban J connectivity index is 1.42. The largest absolute Gasteiger partial charge is 0.489 e. The van der Waals surface area contributed by atoms with Gasteiger partial charge in [-0.2, -0.15) is 0 Å². The maximum atomic E-state index is 12.1. The molecule has 2 heterocycles. The van der Waals surface area contributed by atoms with Crippen molar-refractivity contribution in [1.29, 1.82) is 0 Å². The van der Waals surface area contributed by atoms with Crippen LogP contribution in [0.4, 0.5) is 0 Å². The summed E-state index contributed by atoms with van der Waals surface area (Å²) in [6.45, 7) is 2.80. The third-order valence-electron chi connectivity index (χ3n) is 5.09. The number of likely N-dealkylation sites (tertiary alicyclic amines) is 1. The predicted molar refractivity (Wildman–Crippen MR) is 105 cm³/mol. The van der Waals surface area contributed by atoms with Crippen LogP contribution in [0.25, 0.3) is 0 Å². The molecule has 1 amide bonds. The molecule has 144 valence electrons. The number of ether oxygens (including phenoxy) is 2. The molecule has 5 heteroatoms. The Hall–Kier alpha value is -2.40. The lowest BCUT2D eigenvalue weighted by Gasteiger charge is -2.32. The van der Waals surface area contributed by atoms with Crippen LogP contribution in [0.2, 0.25) is 0 Å². The molecular formula is C22H28N2O3. The Labute approximate surface area is 161 Å². The molecule has 0 bridgehead atoms. The minimum absolute atomic E-state index is 0.217. The van der Waals surface area contributed by atoms with Crippen LogP contribution in [0.3, 0.4) is 0 Å². The summed E-state index contributed by atoms with van der Waals surface area (Å²) in [4.78, 5) is 18.0. The minimum Gasteiger partial charge on any atom is -0.489 e. The number of piperidine rings is 1. The van der Waals surface area contributed by atoms with Gasteiger partial charge in [-0.15, -0.1) is 0 Å². The summed E-state index contributed by atoms with van der Waals surface area (Å²) in [5, 5.41) is 0. The van der Waals surface area contributed by atoms with Crippen molar-refractivity contribution in [2.24, 2.45) is 5.92 Å². The summed E-state index contributed by atoms with van der Waals surface area (Å²) in [5.74, 6) is 1.70. The number of aromatic nitrogens is 1. The van der Waals surface area contributed by atoms with Gasteiger partial charge in [0.15, 0.2) is 0 Å². The highest BCUT2D eigenvalue weighted by atomic mass is 16.5. The molecule has 2 aromatic rings. The van der Waals surface area contributed by atoms with Crippen LogP contribution in [0.1, 0.15) is 30.4 Å². The first kappa shape index (κ1) is 19.4. The molecule has 0 saturated carbocycles. The van der Waals surface area contributed by atoms with Crippen LogP contribution in [-0.4, -0.2) is 42.6 Å². The first-order chi connectivity index (χ1) is 13.2. The summed E-state index contributed by atoms with van der Waals surface area (Å²) in [5.41, 5.74) is 2.51. The first-order valence-corrected chi connectivity index (χ1v) is 9.62. The quantitative estimate of drug-likeness (QED) is 0.716. The van der Waals surface area contributed by atoms with E-state index in [-0.39, 0.29) is 5.91 Å². The second-order valence-corrected chi connectivity index (χ2v) is 7.06. The van der Waals surface area contributed by atoms with Crippen LogP contribution in [0, 0.1) is 5.92 Å². The molecule has 0 N–H and O–H groups in total. The zero-order chi connectivity index (χ0) is 18.9. The molecule has 5 nitrogen and oxygen atoms in total. The lowest BCUT2D eigenvalue weighted by Crippen LogP contribution is -2.39. The van der Waals surface area contributed by atoms with Gasteiger partial charge in [0.25, 0.3) is 0 Å². The number of pyridine rings is 1. The SMILES string of the molecule is COCCC(=O)N1CCC(Cc2ccc(COc3ccncc3)cc2)CC1. The monoisotopic (exact) mass is 368 g/mol. The lowest BCUT2D eigenvalue weighted by atomic mass is 9.90. The van der Waals surface area contributed by atoms with E-state index in [0.717, 1.165) is 43.7 Å². The van der Waals surface area contributed by atoms with E-state index in [2.05, 4.69) is 29.2 Å². The zero-order valence-electron chi connectivity index (χ0n) is 16.0. The molecule has 1 fully saturated rings. The molecule has 1 aliphatic heterocycles. The fourth-order valence-electron chi connectivity index (χ4n) is 3.44. The highest BCUT2D eigenvalue weighted by Crippen LogP contribution is 2.22. The van der Waals surface area contributed by atoms with Crippen molar-refractivity contribution in [3.63, 3.8) is 0 Å². The molecule has 0 aliphatic carbocycles. The lowest BCUT2D eigenvalue weighted by molar-refractivity contribution is -0.133. The van der Waals surface area contributed by atoms with Crippen molar-refractivity contribution >= 4 is 5.91 Å². The Morgan fingerprint density at radius 2 is 1.74 bits per heavy atom. The van der Waals surface area contributed by atoms with Crippen LogP contribution >= 0.6 is 0 Å². The van der Waals surface area contributed by atoms with Gasteiger partial charge in [0.05, 0.1) is 13.0 Å². The highest BCUT2D eigenvalue weighted by molar-refractivity contribution is 5.76. The van der Waals surface area contributed by atoms with Crippen LogP contribution in [0.15, 0.2) is 48.8 Å². The van der Waals surface area contributed by atoms with Gasteiger partial charge < -0.3 is 14.4 Å². The molecule has 0 unspecified atom stereocenters. The van der Waals surface area contributed by atoms with E-state index in [1.807, 2.05) is 17.0 Å². The smallest absolute Gasteiger partial charge is 0.224 e. The molecule has 0 atom stereocenters. The molecule has 1 aromatic carbocycles. The molecule has 1 saturated heterocycles. The molecule has 0 radical (unpaired) electrons. The molecule has 1 aliphatic rings. The zero-order valence-corrected chi connectivity index (χ0v) is 16.0. The predicted octanol–water partition coefficient (Wildman–Crippen LogP) is 3.48. The van der Waals surface area contributed by atoms with Crippen molar-refractivity contribution in [3.05, 3.63) is 59.9 Å². The third kappa shape index (κ3) is 6.07. The van der Waals surface area contributed by atoms with Gasteiger partial charge >= 0.3 is 0 Å². The Kier molecular flexibility index (Phi) is 7.22. The van der Waals surface area contributed by atoms with Crippen LogP contribution in [0.5, 0.6) is 5.75 Å². The van der Waals surface area contributed by atoms with Gasteiger partial charge in [-0.3, -0.25) is 9.78 Å². The van der Waals surface area contributed by atoms with E-state index in [4.69, 9.17) is 9.47 Å². The molecule has 27 heavy (non-hydrogen) atoms. The Morgan fingerprint density at radius 3 is 2.41 bits per heavy atom. The van der Waals surface area contributed by atoms with Gasteiger partial charge in [0.1, 0.15) is 12.4 Å². The number of hydrogen-bond acceptors (Lipinski definition) is 4. The molecule has 0 spiro atoms. The average Bonchev–Trinajstić information content (AvgIpc) is 2.73. The fourth-order valence-corrected chi connectivity index (χ4v) is 3.44. The standard InChI is InChI=1S/C22H28N2O3/c1-26-15-10-22(25)24-13-8-19(9-14-24)16-18-2-4-20(5-3-18)17-27-21-6-11-23-12-7-21/h2-7,11-12,19H,8-10,13-17H2,1H3. The fraction of sp³-hybridized carbons (Fsp3) is 0.455. The Morgan fingerprint density at radius 1 is 1.07 bits per heavy atom. The first-order valence-electron chi connectivity index (χ1n) is 9.62. The third-order valence-corrected chi connectivity index (χ3v) is 5.09. The van der Waals surface area contributed by atoms with Gasteiger partial charge in [0, 0.05) is 32.6 Å². The van der Waals surface area contributed by atoms with E-state index < -0.39 is 0 Å². The number of rotatable bonds is 8. The Bertz CT molecular complexity index is 695. The van der Waals surface area contributed by atoms with Gasteiger partial charge in [-0.1, -0.05) is 24.3 Å². The summed E-state index contributed by atoms with van der Waals surface area (Å²) in [7, 11) is 1.63. The molecule has 3 rings (SSSR count). The summed E-state index contributed by atoms with van der Waals surface area (Å²) in [6.07, 6.45) is 7.18. The number of benzene rings is 1. The van der Waals surface area contributed by atoms with E-state index in [1.54, 1.807) is 19.5 Å². The number of hydrogen-bond donors (Lipinski definition) is 0. The van der Waals surface area contributed by atoms with Gasteiger partial charge in [-0.05, 0) is 48.4 Å². The van der Waals surface area contributed by atoms with E-state index in [9.17, 15) is 4.79 Å². The van der Waals surface area contributed by atoms with E-state index >= 15 is 0 Å². The van der Waals surface area contributed by atoms with Crippen molar-refractivity contribution in [2.75, 3.05) is 26.8 Å². The second-order valence-electron chi connectivity index (χ2n) is 7.06. The second kappa shape index (κ2) is 10.1. The van der Waals surface area contributed by atoms with Crippen molar-refractivity contribution < 1.29 is 14.3 Å². The van der Waals surface area contributed by atoms with Crippen molar-refractivity contribution in [2.45, 2.75) is 32.3 Å². The molecule has 1 aromatic heterocycles. The topological polar surface area (TPSA) is 51.7 Å². The summed E-state index contributed by atoms with van der Waals surface area (Å²) in [6, 6.07) is 12.4. The molecular weight excluding hydrogens is 340 g/mol. The number of carbonyl (C=O) groups excluding carboxylic acids is 1. The van der Waals surface area contributed by atoms with Crippen molar-refractivity contribution in [1.82, 2.24) is 9.88 Å². The highest BCUT2D eigenvalue weighted by Gasteiger charge is 2.22. The van der Waals surface area contributed by atoms with Crippen LogP contribution < -0.4 is 4.74 Å². The maximum absolute atomic E-state index is 12.1. The normalized spacial score (nSPS) is 14.9. The number of amides is 1. The summed E-state index contributed by atoms with van der Waals surface area (Å²) < 4.78 is 10.8. The van der Waals surface area contributed by atoms with Crippen molar-refractivity contribution in [3.8, 4) is 5.75 Å². The van der Waals surface area contributed by atoms with Gasteiger partial charge in [0.2, 0.25) is 5.91 Å². The number of nitrogens with zero attached hydrogens (tertiary/aromatic N) is 2. The average molecular weight is 368 g/mol. The minimum atomic E-state index is 0.217. The number of methoxy groups -OCH3 is 1. The maximum Gasteiger partial charge on any atom is 0.224 e. The number of carbonyl (C=O) groups is 1. The van der Waals surface area contributed by atoms with Crippen LogP contribution in [-0.2, 0) is 22.6 Å².